The normalized spacial score (nSPS) is 12.8. The second kappa shape index (κ2) is 5.50. The molecule has 60 valence electrons. The Hall–Kier alpha value is -1.28. The van der Waals surface area contributed by atoms with Crippen LogP contribution in [0.15, 0.2) is 48.8 Å². The summed E-state index contributed by atoms with van der Waals surface area (Å²) in [6.07, 6.45) is 6.23. The summed E-state index contributed by atoms with van der Waals surface area (Å²) in [7, 11) is 0. The molecule has 0 aliphatic heterocycles. The quantitative estimate of drug-likeness (QED) is 0.474. The number of nitrogens with two attached hydrogens (primary N) is 1. The Morgan fingerprint density at radius 3 is 2.18 bits per heavy atom. The van der Waals surface area contributed by atoms with Crippen molar-refractivity contribution in [3.63, 3.8) is 0 Å². The first-order valence-corrected chi connectivity index (χ1v) is 3.30. The molecule has 0 unspecified atom stereocenters. The largest absolute Gasteiger partial charge is 0.508 e. The van der Waals surface area contributed by atoms with Gasteiger partial charge in [0.1, 0.15) is 5.76 Å². The van der Waals surface area contributed by atoms with Crippen LogP contribution in [0.1, 0.15) is 0 Å². The molecule has 11 heavy (non-hydrogen) atoms. The second-order valence-corrected chi connectivity index (χ2v) is 1.92. The van der Waals surface area contributed by atoms with Gasteiger partial charge in [-0.25, -0.2) is 0 Å². The van der Waals surface area contributed by atoms with Crippen LogP contribution < -0.4 is 5.73 Å². The molecule has 0 spiro atoms. The molecule has 3 N–H and O–H groups in total. The molecule has 0 aromatic carbocycles. The summed E-state index contributed by atoms with van der Waals surface area (Å²) in [4.78, 5) is 0. The zero-order valence-corrected chi connectivity index (χ0v) is 6.46. The highest BCUT2D eigenvalue weighted by atomic mass is 16.3. The molecule has 0 radical (unpaired) electrons. The zero-order valence-electron chi connectivity index (χ0n) is 6.46. The standard InChI is InChI=1S/C9H13NO/c1-3-5-8(7-10)9(11)6-4-2/h3-6,11H,1-2,7,10H2/b8-5-,9-6+. The van der Waals surface area contributed by atoms with E-state index >= 15 is 0 Å². The molecule has 0 bridgehead atoms. The highest BCUT2D eigenvalue weighted by Crippen LogP contribution is 2.04. The highest BCUT2D eigenvalue weighted by Gasteiger charge is 1.96. The van der Waals surface area contributed by atoms with E-state index in [1.54, 1.807) is 12.2 Å². The summed E-state index contributed by atoms with van der Waals surface area (Å²) in [6, 6.07) is 0. The van der Waals surface area contributed by atoms with Crippen LogP contribution in [0.4, 0.5) is 0 Å². The Balaban J connectivity index is 4.49. The predicted octanol–water partition coefficient (Wildman–Crippen LogP) is 1.69. The van der Waals surface area contributed by atoms with Gasteiger partial charge in [0, 0.05) is 12.1 Å². The Bertz CT molecular complexity index is 202. The first-order chi connectivity index (χ1) is 5.26. The van der Waals surface area contributed by atoms with Gasteiger partial charge in [-0.05, 0) is 6.08 Å². The van der Waals surface area contributed by atoms with Crippen molar-refractivity contribution in [1.82, 2.24) is 0 Å². The minimum atomic E-state index is 0.141. The van der Waals surface area contributed by atoms with Gasteiger partial charge >= 0.3 is 0 Å². The maximum absolute atomic E-state index is 9.23. The van der Waals surface area contributed by atoms with E-state index < -0.39 is 0 Å². The SMILES string of the molecule is C=C/C=C(CN)\C(O)=C/C=C. The van der Waals surface area contributed by atoms with Crippen molar-refractivity contribution >= 4 is 0 Å². The lowest BCUT2D eigenvalue weighted by Gasteiger charge is -1.99. The third-order valence-corrected chi connectivity index (χ3v) is 1.14. The lowest BCUT2D eigenvalue weighted by Crippen LogP contribution is -2.04. The molecule has 0 fully saturated rings. The number of hydrogen-bond acceptors (Lipinski definition) is 2. The van der Waals surface area contributed by atoms with Crippen LogP contribution in [-0.4, -0.2) is 11.7 Å². The van der Waals surface area contributed by atoms with E-state index in [0.717, 1.165) is 0 Å². The van der Waals surface area contributed by atoms with Gasteiger partial charge in [-0.1, -0.05) is 31.4 Å². The van der Waals surface area contributed by atoms with Crippen LogP contribution in [0.2, 0.25) is 0 Å². The van der Waals surface area contributed by atoms with Crippen molar-refractivity contribution in [3.8, 4) is 0 Å². The monoisotopic (exact) mass is 151 g/mol. The Labute approximate surface area is 67.0 Å². The molecule has 0 rings (SSSR count). The highest BCUT2D eigenvalue weighted by molar-refractivity contribution is 5.31. The lowest BCUT2D eigenvalue weighted by molar-refractivity contribution is 0.422. The number of rotatable bonds is 4. The molecule has 0 aromatic rings. The summed E-state index contributed by atoms with van der Waals surface area (Å²) in [5.74, 6) is 0.141. The molecule has 0 atom stereocenters. The van der Waals surface area contributed by atoms with Gasteiger partial charge in [0.2, 0.25) is 0 Å². The van der Waals surface area contributed by atoms with Gasteiger partial charge in [0.25, 0.3) is 0 Å². The smallest absolute Gasteiger partial charge is 0.120 e. The summed E-state index contributed by atoms with van der Waals surface area (Å²) in [5.41, 5.74) is 5.99. The van der Waals surface area contributed by atoms with Crippen LogP contribution >= 0.6 is 0 Å². The van der Waals surface area contributed by atoms with E-state index in [1.165, 1.54) is 12.2 Å². The maximum atomic E-state index is 9.23. The van der Waals surface area contributed by atoms with Crippen molar-refractivity contribution < 1.29 is 5.11 Å². The van der Waals surface area contributed by atoms with Crippen molar-refractivity contribution in [2.75, 3.05) is 6.54 Å². The summed E-state index contributed by atoms with van der Waals surface area (Å²) in [6.45, 7) is 7.24. The number of aliphatic hydroxyl groups is 1. The minimum Gasteiger partial charge on any atom is -0.508 e. The average molecular weight is 151 g/mol. The van der Waals surface area contributed by atoms with E-state index in [0.29, 0.717) is 12.1 Å². The third kappa shape index (κ3) is 3.43. The molecule has 0 aromatic heterocycles. The van der Waals surface area contributed by atoms with Crippen LogP contribution in [0, 0.1) is 0 Å². The van der Waals surface area contributed by atoms with Crippen LogP contribution in [0.5, 0.6) is 0 Å². The van der Waals surface area contributed by atoms with E-state index in [-0.39, 0.29) is 5.76 Å². The number of aliphatic hydroxyl groups excluding tert-OH is 1. The third-order valence-electron chi connectivity index (χ3n) is 1.14. The van der Waals surface area contributed by atoms with Gasteiger partial charge in [-0.3, -0.25) is 0 Å². The maximum Gasteiger partial charge on any atom is 0.120 e. The fourth-order valence-electron chi connectivity index (χ4n) is 0.619. The van der Waals surface area contributed by atoms with Crippen molar-refractivity contribution in [1.29, 1.82) is 0 Å². The van der Waals surface area contributed by atoms with Crippen molar-refractivity contribution in [2.45, 2.75) is 0 Å². The van der Waals surface area contributed by atoms with Crippen LogP contribution in [0.3, 0.4) is 0 Å². The fourth-order valence-corrected chi connectivity index (χ4v) is 0.619. The zero-order chi connectivity index (χ0) is 8.69. The molecule has 0 saturated heterocycles. The first kappa shape index (κ1) is 9.72. The molecule has 2 heteroatoms. The minimum absolute atomic E-state index is 0.141. The Morgan fingerprint density at radius 2 is 1.82 bits per heavy atom. The second-order valence-electron chi connectivity index (χ2n) is 1.92. The lowest BCUT2D eigenvalue weighted by atomic mass is 10.2. The summed E-state index contributed by atoms with van der Waals surface area (Å²) in [5, 5.41) is 9.23. The molecule has 0 heterocycles. The van der Waals surface area contributed by atoms with Crippen LogP contribution in [-0.2, 0) is 0 Å². The molecule has 0 saturated carbocycles. The van der Waals surface area contributed by atoms with Gasteiger partial charge in [-0.15, -0.1) is 0 Å². The van der Waals surface area contributed by atoms with Gasteiger partial charge in [0.15, 0.2) is 0 Å². The molecule has 0 aliphatic carbocycles. The Morgan fingerprint density at radius 1 is 1.27 bits per heavy atom. The van der Waals surface area contributed by atoms with Gasteiger partial charge in [-0.2, -0.15) is 0 Å². The summed E-state index contributed by atoms with van der Waals surface area (Å²) >= 11 is 0. The van der Waals surface area contributed by atoms with Crippen LogP contribution in [0.25, 0.3) is 0 Å². The molecular formula is C9H13NO. The molecule has 2 nitrogen and oxygen atoms in total. The van der Waals surface area contributed by atoms with E-state index in [2.05, 4.69) is 13.2 Å². The van der Waals surface area contributed by atoms with E-state index in [1.807, 2.05) is 0 Å². The number of hydrogen-bond donors (Lipinski definition) is 2. The fraction of sp³-hybridized carbons (Fsp3) is 0.111. The first-order valence-electron chi connectivity index (χ1n) is 3.30. The molecular weight excluding hydrogens is 138 g/mol. The van der Waals surface area contributed by atoms with Crippen molar-refractivity contribution in [3.05, 3.63) is 48.8 Å². The van der Waals surface area contributed by atoms with Gasteiger partial charge < -0.3 is 10.8 Å². The van der Waals surface area contributed by atoms with Crippen molar-refractivity contribution in [2.24, 2.45) is 5.73 Å². The predicted molar refractivity (Wildman–Crippen MR) is 48.2 cm³/mol. The van der Waals surface area contributed by atoms with Gasteiger partial charge in [0.05, 0.1) is 0 Å². The molecule has 0 amide bonds. The van der Waals surface area contributed by atoms with E-state index in [9.17, 15) is 5.11 Å². The Kier molecular flexibility index (Phi) is 4.86. The number of allylic oxidation sites excluding steroid dienone is 4. The topological polar surface area (TPSA) is 46.2 Å². The summed E-state index contributed by atoms with van der Waals surface area (Å²) < 4.78 is 0. The molecule has 0 aliphatic rings. The average Bonchev–Trinajstić information content (AvgIpc) is 2.00. The van der Waals surface area contributed by atoms with E-state index in [4.69, 9.17) is 5.73 Å².